The highest BCUT2D eigenvalue weighted by atomic mass is 16.5. The maximum absolute atomic E-state index is 5.30. The molecule has 0 spiro atoms. The van der Waals surface area contributed by atoms with Gasteiger partial charge in [0.05, 0.1) is 6.10 Å². The van der Waals surface area contributed by atoms with Crippen LogP contribution >= 0.6 is 0 Å². The van der Waals surface area contributed by atoms with Gasteiger partial charge in [0.15, 0.2) is 0 Å². The lowest BCUT2D eigenvalue weighted by Crippen LogP contribution is -2.08. The van der Waals surface area contributed by atoms with Gasteiger partial charge in [-0.2, -0.15) is 0 Å². The van der Waals surface area contributed by atoms with Gasteiger partial charge in [-0.05, 0) is 31.6 Å². The minimum absolute atomic E-state index is 0.386. The molecule has 0 rings (SSSR count). The molecular weight excluding hydrogens is 196 g/mol. The number of hydrogen-bond acceptors (Lipinski definition) is 1. The SMILES string of the molecule is CC(C)CCC(C)C.CC(C)COC(C)C. The molecule has 0 saturated carbocycles. The van der Waals surface area contributed by atoms with E-state index in [-0.39, 0.29) is 0 Å². The van der Waals surface area contributed by atoms with Crippen molar-refractivity contribution in [2.24, 2.45) is 17.8 Å². The molecular formula is C15H34O. The minimum Gasteiger partial charge on any atom is -0.379 e. The van der Waals surface area contributed by atoms with E-state index in [0.29, 0.717) is 12.0 Å². The Morgan fingerprint density at radius 3 is 1.12 bits per heavy atom. The van der Waals surface area contributed by atoms with Crippen molar-refractivity contribution in [2.75, 3.05) is 6.61 Å². The first-order valence-corrected chi connectivity index (χ1v) is 6.87. The fourth-order valence-electron chi connectivity index (χ4n) is 1.05. The fraction of sp³-hybridized carbons (Fsp3) is 1.00. The zero-order valence-electron chi connectivity index (χ0n) is 12.8. The lowest BCUT2D eigenvalue weighted by Gasteiger charge is -2.08. The van der Waals surface area contributed by atoms with Gasteiger partial charge < -0.3 is 4.74 Å². The summed E-state index contributed by atoms with van der Waals surface area (Å²) in [5.74, 6) is 2.44. The number of hydrogen-bond donors (Lipinski definition) is 0. The Balaban J connectivity index is 0. The van der Waals surface area contributed by atoms with Crippen molar-refractivity contribution in [3.63, 3.8) is 0 Å². The highest BCUT2D eigenvalue weighted by Gasteiger charge is 1.96. The first kappa shape index (κ1) is 18.3. The van der Waals surface area contributed by atoms with Crippen LogP contribution in [-0.2, 0) is 4.74 Å². The molecule has 1 nitrogen and oxygen atoms in total. The van der Waals surface area contributed by atoms with Crippen LogP contribution in [0.25, 0.3) is 0 Å². The third-order valence-electron chi connectivity index (χ3n) is 2.08. The van der Waals surface area contributed by atoms with Crippen molar-refractivity contribution in [1.82, 2.24) is 0 Å². The van der Waals surface area contributed by atoms with Gasteiger partial charge in [-0.1, -0.05) is 54.4 Å². The van der Waals surface area contributed by atoms with Gasteiger partial charge in [0.1, 0.15) is 0 Å². The van der Waals surface area contributed by atoms with E-state index >= 15 is 0 Å². The van der Waals surface area contributed by atoms with Gasteiger partial charge in [-0.25, -0.2) is 0 Å². The molecule has 0 saturated heterocycles. The minimum atomic E-state index is 0.386. The van der Waals surface area contributed by atoms with Crippen molar-refractivity contribution in [2.45, 2.75) is 74.3 Å². The summed E-state index contributed by atoms with van der Waals surface area (Å²) in [7, 11) is 0. The van der Waals surface area contributed by atoms with E-state index in [9.17, 15) is 0 Å². The van der Waals surface area contributed by atoms with Crippen LogP contribution in [0.1, 0.15) is 68.2 Å². The fourth-order valence-corrected chi connectivity index (χ4v) is 1.05. The Labute approximate surface area is 104 Å². The van der Waals surface area contributed by atoms with Gasteiger partial charge in [0.2, 0.25) is 0 Å². The van der Waals surface area contributed by atoms with Crippen molar-refractivity contribution in [1.29, 1.82) is 0 Å². The standard InChI is InChI=1S/C8H18.C7H16O/c1-7(2)5-6-8(3)4;1-6(2)5-8-7(3)4/h7-8H,5-6H2,1-4H3;6-7H,5H2,1-4H3. The quantitative estimate of drug-likeness (QED) is 0.613. The molecule has 0 aromatic carbocycles. The van der Waals surface area contributed by atoms with E-state index in [0.717, 1.165) is 18.4 Å². The number of rotatable bonds is 6. The van der Waals surface area contributed by atoms with E-state index in [2.05, 4.69) is 55.4 Å². The summed E-state index contributed by atoms with van der Waals surface area (Å²) in [4.78, 5) is 0. The van der Waals surface area contributed by atoms with E-state index in [1.165, 1.54) is 12.8 Å². The normalized spacial score (nSPS) is 11.2. The smallest absolute Gasteiger partial charge is 0.0518 e. The molecule has 0 atom stereocenters. The summed E-state index contributed by atoms with van der Waals surface area (Å²) in [6.45, 7) is 18.4. The maximum Gasteiger partial charge on any atom is 0.0518 e. The Morgan fingerprint density at radius 1 is 0.625 bits per heavy atom. The first-order chi connectivity index (χ1) is 7.25. The second-order valence-electron chi connectivity index (χ2n) is 6.14. The Morgan fingerprint density at radius 2 is 1.00 bits per heavy atom. The average Bonchev–Trinajstić information content (AvgIpc) is 2.12. The van der Waals surface area contributed by atoms with Crippen LogP contribution in [0.15, 0.2) is 0 Å². The summed E-state index contributed by atoms with van der Waals surface area (Å²) in [5, 5.41) is 0. The molecule has 100 valence electrons. The van der Waals surface area contributed by atoms with Crippen LogP contribution in [0.4, 0.5) is 0 Å². The van der Waals surface area contributed by atoms with Crippen LogP contribution in [0, 0.1) is 17.8 Å². The summed E-state index contributed by atoms with van der Waals surface area (Å²) in [5.41, 5.74) is 0. The van der Waals surface area contributed by atoms with E-state index in [1.54, 1.807) is 0 Å². The molecule has 16 heavy (non-hydrogen) atoms. The zero-order valence-corrected chi connectivity index (χ0v) is 12.8. The Hall–Kier alpha value is -0.0400. The van der Waals surface area contributed by atoms with Gasteiger partial charge in [-0.15, -0.1) is 0 Å². The van der Waals surface area contributed by atoms with Crippen molar-refractivity contribution in [3.05, 3.63) is 0 Å². The van der Waals surface area contributed by atoms with Crippen molar-refractivity contribution in [3.8, 4) is 0 Å². The van der Waals surface area contributed by atoms with Crippen LogP contribution in [0.3, 0.4) is 0 Å². The molecule has 0 heterocycles. The molecule has 0 aromatic heterocycles. The van der Waals surface area contributed by atoms with Crippen LogP contribution in [0.5, 0.6) is 0 Å². The van der Waals surface area contributed by atoms with Crippen LogP contribution in [0.2, 0.25) is 0 Å². The molecule has 0 amide bonds. The molecule has 0 N–H and O–H groups in total. The topological polar surface area (TPSA) is 9.23 Å². The monoisotopic (exact) mass is 230 g/mol. The summed E-state index contributed by atoms with van der Waals surface area (Å²) in [6.07, 6.45) is 3.16. The Bertz CT molecular complexity index is 93.4. The lowest BCUT2D eigenvalue weighted by atomic mass is 10.0. The van der Waals surface area contributed by atoms with Gasteiger partial charge in [0, 0.05) is 6.61 Å². The molecule has 0 aliphatic heterocycles. The van der Waals surface area contributed by atoms with Gasteiger partial charge >= 0.3 is 0 Å². The molecule has 0 aliphatic rings. The number of ether oxygens (including phenoxy) is 1. The van der Waals surface area contributed by atoms with E-state index in [1.807, 2.05) is 0 Å². The molecule has 0 unspecified atom stereocenters. The zero-order chi connectivity index (χ0) is 13.1. The van der Waals surface area contributed by atoms with E-state index < -0.39 is 0 Å². The molecule has 1 heteroatoms. The summed E-state index contributed by atoms with van der Waals surface area (Å²) >= 11 is 0. The second-order valence-corrected chi connectivity index (χ2v) is 6.14. The third-order valence-corrected chi connectivity index (χ3v) is 2.08. The van der Waals surface area contributed by atoms with Crippen molar-refractivity contribution < 1.29 is 4.74 Å². The Kier molecular flexibility index (Phi) is 13.1. The predicted octanol–water partition coefficient (Wildman–Crippen LogP) is 5.15. The van der Waals surface area contributed by atoms with Crippen LogP contribution in [-0.4, -0.2) is 12.7 Å². The van der Waals surface area contributed by atoms with Gasteiger partial charge in [0.25, 0.3) is 0 Å². The van der Waals surface area contributed by atoms with E-state index in [4.69, 9.17) is 4.74 Å². The molecule has 0 aliphatic carbocycles. The molecule has 0 aromatic rings. The highest BCUT2D eigenvalue weighted by molar-refractivity contribution is 4.48. The maximum atomic E-state index is 5.30. The van der Waals surface area contributed by atoms with Gasteiger partial charge in [-0.3, -0.25) is 0 Å². The largest absolute Gasteiger partial charge is 0.379 e. The molecule has 0 bridgehead atoms. The summed E-state index contributed by atoms with van der Waals surface area (Å²) in [6, 6.07) is 0. The first-order valence-electron chi connectivity index (χ1n) is 6.87. The summed E-state index contributed by atoms with van der Waals surface area (Å²) < 4.78 is 5.30. The van der Waals surface area contributed by atoms with Crippen molar-refractivity contribution >= 4 is 0 Å². The molecule has 0 radical (unpaired) electrons. The second kappa shape index (κ2) is 11.4. The highest BCUT2D eigenvalue weighted by Crippen LogP contribution is 2.09. The average molecular weight is 230 g/mol. The third kappa shape index (κ3) is 23.6. The van der Waals surface area contributed by atoms with Crippen LogP contribution < -0.4 is 0 Å². The predicted molar refractivity (Wildman–Crippen MR) is 74.8 cm³/mol. The lowest BCUT2D eigenvalue weighted by molar-refractivity contribution is 0.0593. The molecule has 0 fully saturated rings.